The highest BCUT2D eigenvalue weighted by molar-refractivity contribution is 7.99. The first kappa shape index (κ1) is 13.3. The van der Waals surface area contributed by atoms with Crippen LogP contribution in [0.5, 0.6) is 0 Å². The highest BCUT2D eigenvalue weighted by Gasteiger charge is 2.04. The molecule has 2 heteroatoms. The quantitative estimate of drug-likeness (QED) is 0.649. The Kier molecular flexibility index (Phi) is 9.10. The lowest BCUT2D eigenvalue weighted by Crippen LogP contribution is -2.30. The summed E-state index contributed by atoms with van der Waals surface area (Å²) >= 11 is 1.96. The molecule has 0 aliphatic carbocycles. The van der Waals surface area contributed by atoms with Crippen molar-refractivity contribution in [2.45, 2.75) is 57.7 Å². The Balaban J connectivity index is 3.37. The first-order valence-corrected chi connectivity index (χ1v) is 6.79. The zero-order valence-electron chi connectivity index (χ0n) is 9.60. The smallest absolute Gasteiger partial charge is 0.00643 e. The highest BCUT2D eigenvalue weighted by Crippen LogP contribution is 2.09. The van der Waals surface area contributed by atoms with Crippen molar-refractivity contribution in [3.05, 3.63) is 0 Å². The minimum absolute atomic E-state index is 0.749. The van der Waals surface area contributed by atoms with Crippen LogP contribution in [0.1, 0.15) is 46.5 Å². The van der Waals surface area contributed by atoms with Crippen molar-refractivity contribution >= 4 is 11.8 Å². The fourth-order valence-electron chi connectivity index (χ4n) is 1.41. The predicted molar refractivity (Wildman–Crippen MR) is 64.6 cm³/mol. The lowest BCUT2D eigenvalue weighted by Gasteiger charge is -2.17. The Labute approximate surface area is 88.1 Å². The minimum Gasteiger partial charge on any atom is -0.314 e. The Bertz CT molecular complexity index is 106. The molecule has 0 fully saturated rings. The third-order valence-corrected chi connectivity index (χ3v) is 3.56. The van der Waals surface area contributed by atoms with Gasteiger partial charge < -0.3 is 5.32 Å². The molecule has 0 aliphatic rings. The molecule has 0 aromatic rings. The minimum atomic E-state index is 0.749. The van der Waals surface area contributed by atoms with E-state index in [1.54, 1.807) is 0 Å². The van der Waals surface area contributed by atoms with Crippen molar-refractivity contribution in [1.29, 1.82) is 0 Å². The van der Waals surface area contributed by atoms with Crippen LogP contribution in [0.15, 0.2) is 0 Å². The molecule has 0 aliphatic heterocycles. The van der Waals surface area contributed by atoms with Crippen molar-refractivity contribution in [1.82, 2.24) is 5.32 Å². The van der Waals surface area contributed by atoms with Crippen LogP contribution in [0, 0.1) is 0 Å². The van der Waals surface area contributed by atoms with Gasteiger partial charge in [0, 0.05) is 11.3 Å². The van der Waals surface area contributed by atoms with Gasteiger partial charge in [-0.15, -0.1) is 0 Å². The highest BCUT2D eigenvalue weighted by atomic mass is 32.2. The number of thioether (sulfide) groups is 1. The number of rotatable bonds is 8. The summed E-state index contributed by atoms with van der Waals surface area (Å²) in [4.78, 5) is 0. The van der Waals surface area contributed by atoms with Gasteiger partial charge in [-0.1, -0.05) is 27.2 Å². The SMILES string of the molecule is CCCC(CC)NCCC(C)SC. The van der Waals surface area contributed by atoms with Crippen LogP contribution in [0.2, 0.25) is 0 Å². The largest absolute Gasteiger partial charge is 0.314 e. The summed E-state index contributed by atoms with van der Waals surface area (Å²) in [5, 5.41) is 4.42. The van der Waals surface area contributed by atoms with Crippen LogP contribution >= 0.6 is 11.8 Å². The second-order valence-electron chi connectivity index (χ2n) is 3.68. The van der Waals surface area contributed by atoms with E-state index < -0.39 is 0 Å². The van der Waals surface area contributed by atoms with Crippen LogP contribution < -0.4 is 5.32 Å². The lowest BCUT2D eigenvalue weighted by atomic mass is 10.1. The normalized spacial score (nSPS) is 15.7. The molecular formula is C11H25NS. The van der Waals surface area contributed by atoms with Crippen LogP contribution in [0.4, 0.5) is 0 Å². The van der Waals surface area contributed by atoms with Gasteiger partial charge in [-0.3, -0.25) is 0 Å². The van der Waals surface area contributed by atoms with Gasteiger partial charge in [-0.25, -0.2) is 0 Å². The van der Waals surface area contributed by atoms with Crippen LogP contribution in [0.25, 0.3) is 0 Å². The standard InChI is InChI=1S/C11H25NS/c1-5-7-11(6-2)12-9-8-10(3)13-4/h10-12H,5-9H2,1-4H3. The van der Waals surface area contributed by atoms with Crippen molar-refractivity contribution in [3.8, 4) is 0 Å². The van der Waals surface area contributed by atoms with Crippen molar-refractivity contribution in [3.63, 3.8) is 0 Å². The summed E-state index contributed by atoms with van der Waals surface area (Å²) in [5.74, 6) is 0. The fourth-order valence-corrected chi connectivity index (χ4v) is 1.76. The second-order valence-corrected chi connectivity index (χ2v) is 4.96. The first-order valence-electron chi connectivity index (χ1n) is 5.50. The number of hydrogen-bond donors (Lipinski definition) is 1. The Morgan fingerprint density at radius 2 is 1.92 bits per heavy atom. The second kappa shape index (κ2) is 8.89. The Morgan fingerprint density at radius 3 is 2.38 bits per heavy atom. The number of nitrogens with one attached hydrogen (secondary N) is 1. The summed E-state index contributed by atoms with van der Waals surface area (Å²) in [7, 11) is 0. The topological polar surface area (TPSA) is 12.0 Å². The molecule has 0 heterocycles. The fraction of sp³-hybridized carbons (Fsp3) is 1.00. The van der Waals surface area contributed by atoms with E-state index in [1.807, 2.05) is 11.8 Å². The van der Waals surface area contributed by atoms with Gasteiger partial charge in [0.2, 0.25) is 0 Å². The maximum atomic E-state index is 3.62. The molecule has 0 amide bonds. The van der Waals surface area contributed by atoms with Crippen LogP contribution in [-0.2, 0) is 0 Å². The van der Waals surface area contributed by atoms with E-state index in [9.17, 15) is 0 Å². The molecule has 0 aromatic heterocycles. The number of hydrogen-bond acceptors (Lipinski definition) is 2. The summed E-state index contributed by atoms with van der Waals surface area (Å²) < 4.78 is 0. The molecular weight excluding hydrogens is 178 g/mol. The third-order valence-electron chi connectivity index (χ3n) is 2.52. The molecule has 0 saturated heterocycles. The maximum Gasteiger partial charge on any atom is 0.00643 e. The first-order chi connectivity index (χ1) is 6.24. The third kappa shape index (κ3) is 7.39. The molecule has 2 atom stereocenters. The Morgan fingerprint density at radius 1 is 1.23 bits per heavy atom. The van der Waals surface area contributed by atoms with Gasteiger partial charge in [0.1, 0.15) is 0 Å². The van der Waals surface area contributed by atoms with E-state index in [2.05, 4.69) is 32.3 Å². The summed E-state index contributed by atoms with van der Waals surface area (Å²) in [6.07, 6.45) is 7.37. The molecule has 0 aromatic carbocycles. The van der Waals surface area contributed by atoms with E-state index in [4.69, 9.17) is 0 Å². The Hall–Kier alpha value is 0.310. The van der Waals surface area contributed by atoms with Gasteiger partial charge in [-0.2, -0.15) is 11.8 Å². The molecule has 1 nitrogen and oxygen atoms in total. The average Bonchev–Trinajstić information content (AvgIpc) is 2.16. The molecule has 0 radical (unpaired) electrons. The van der Waals surface area contributed by atoms with E-state index >= 15 is 0 Å². The van der Waals surface area contributed by atoms with Crippen molar-refractivity contribution in [2.24, 2.45) is 0 Å². The maximum absolute atomic E-state index is 3.62. The average molecular weight is 203 g/mol. The van der Waals surface area contributed by atoms with Gasteiger partial charge in [0.15, 0.2) is 0 Å². The van der Waals surface area contributed by atoms with Gasteiger partial charge >= 0.3 is 0 Å². The van der Waals surface area contributed by atoms with Crippen molar-refractivity contribution < 1.29 is 0 Å². The predicted octanol–water partition coefficient (Wildman–Crippen LogP) is 3.30. The molecule has 2 unspecified atom stereocenters. The molecule has 0 saturated carbocycles. The van der Waals surface area contributed by atoms with Gasteiger partial charge in [0.25, 0.3) is 0 Å². The lowest BCUT2D eigenvalue weighted by molar-refractivity contribution is 0.459. The molecule has 13 heavy (non-hydrogen) atoms. The zero-order chi connectivity index (χ0) is 10.1. The molecule has 0 rings (SSSR count). The van der Waals surface area contributed by atoms with Gasteiger partial charge in [-0.05, 0) is 32.1 Å². The van der Waals surface area contributed by atoms with E-state index in [0.29, 0.717) is 0 Å². The van der Waals surface area contributed by atoms with Crippen LogP contribution in [0.3, 0.4) is 0 Å². The molecule has 80 valence electrons. The van der Waals surface area contributed by atoms with Gasteiger partial charge in [0.05, 0.1) is 0 Å². The summed E-state index contributed by atoms with van der Waals surface area (Å²) in [6.45, 7) is 8.01. The summed E-state index contributed by atoms with van der Waals surface area (Å²) in [6, 6.07) is 0.749. The van der Waals surface area contributed by atoms with Crippen molar-refractivity contribution in [2.75, 3.05) is 12.8 Å². The van der Waals surface area contributed by atoms with E-state index in [0.717, 1.165) is 11.3 Å². The summed E-state index contributed by atoms with van der Waals surface area (Å²) in [5.41, 5.74) is 0. The monoisotopic (exact) mass is 203 g/mol. The zero-order valence-corrected chi connectivity index (χ0v) is 10.4. The van der Waals surface area contributed by atoms with E-state index in [-0.39, 0.29) is 0 Å². The van der Waals surface area contributed by atoms with Crippen LogP contribution in [-0.4, -0.2) is 24.1 Å². The molecule has 0 bridgehead atoms. The molecule has 0 spiro atoms. The molecule has 1 N–H and O–H groups in total. The van der Waals surface area contributed by atoms with E-state index in [1.165, 1.54) is 32.2 Å².